The number of carboxylic acids is 1. The topological polar surface area (TPSA) is 92.4 Å². The molecule has 0 radical (unpaired) electrons. The molecular formula is C12H24N2O3. The summed E-state index contributed by atoms with van der Waals surface area (Å²) in [7, 11) is 0. The third kappa shape index (κ3) is 6.94. The number of hydrogen-bond acceptors (Lipinski definition) is 3. The van der Waals surface area contributed by atoms with Crippen molar-refractivity contribution in [3.05, 3.63) is 0 Å². The van der Waals surface area contributed by atoms with Gasteiger partial charge in [-0.2, -0.15) is 0 Å². The van der Waals surface area contributed by atoms with E-state index in [0.717, 1.165) is 12.8 Å². The minimum Gasteiger partial charge on any atom is -0.481 e. The molecule has 0 saturated heterocycles. The highest BCUT2D eigenvalue weighted by atomic mass is 16.4. The SMILES string of the molecule is CC(CCN)CCC(=O)NCC(C)(C)C(=O)O. The average Bonchev–Trinajstić information content (AvgIpc) is 2.24. The second-order valence-electron chi connectivity index (χ2n) is 5.19. The Hall–Kier alpha value is -1.10. The van der Waals surface area contributed by atoms with Crippen LogP contribution in [-0.4, -0.2) is 30.1 Å². The lowest BCUT2D eigenvalue weighted by Crippen LogP contribution is -2.38. The van der Waals surface area contributed by atoms with Crippen LogP contribution >= 0.6 is 0 Å². The van der Waals surface area contributed by atoms with Gasteiger partial charge in [0.25, 0.3) is 0 Å². The third-order valence-electron chi connectivity index (χ3n) is 2.83. The Balaban J connectivity index is 3.84. The maximum Gasteiger partial charge on any atom is 0.310 e. The van der Waals surface area contributed by atoms with E-state index >= 15 is 0 Å². The Bertz CT molecular complexity index is 264. The zero-order chi connectivity index (χ0) is 13.5. The van der Waals surface area contributed by atoms with Crippen molar-refractivity contribution >= 4 is 11.9 Å². The molecule has 0 aromatic rings. The van der Waals surface area contributed by atoms with Gasteiger partial charge in [-0.25, -0.2) is 0 Å². The van der Waals surface area contributed by atoms with Crippen LogP contribution in [0.5, 0.6) is 0 Å². The summed E-state index contributed by atoms with van der Waals surface area (Å²) in [6, 6.07) is 0. The van der Waals surface area contributed by atoms with Crippen LogP contribution in [0, 0.1) is 11.3 Å². The van der Waals surface area contributed by atoms with Gasteiger partial charge in [0, 0.05) is 13.0 Å². The highest BCUT2D eigenvalue weighted by molar-refractivity contribution is 5.78. The maximum atomic E-state index is 11.5. The molecule has 0 spiro atoms. The lowest BCUT2D eigenvalue weighted by Gasteiger charge is -2.19. The van der Waals surface area contributed by atoms with E-state index in [2.05, 4.69) is 12.2 Å². The molecule has 5 nitrogen and oxygen atoms in total. The van der Waals surface area contributed by atoms with Gasteiger partial charge in [0.05, 0.1) is 5.41 Å². The lowest BCUT2D eigenvalue weighted by atomic mass is 9.94. The van der Waals surface area contributed by atoms with Crippen LogP contribution in [0.3, 0.4) is 0 Å². The number of carboxylic acid groups (broad SMARTS) is 1. The fourth-order valence-electron chi connectivity index (χ4n) is 1.29. The molecular weight excluding hydrogens is 220 g/mol. The largest absolute Gasteiger partial charge is 0.481 e. The zero-order valence-corrected chi connectivity index (χ0v) is 11.0. The highest BCUT2D eigenvalue weighted by Crippen LogP contribution is 2.14. The molecule has 100 valence electrons. The molecule has 0 rings (SSSR count). The molecule has 0 aromatic carbocycles. The number of carbonyl (C=O) groups is 2. The van der Waals surface area contributed by atoms with E-state index in [9.17, 15) is 9.59 Å². The van der Waals surface area contributed by atoms with E-state index in [-0.39, 0.29) is 12.5 Å². The maximum absolute atomic E-state index is 11.5. The van der Waals surface area contributed by atoms with E-state index < -0.39 is 11.4 Å². The molecule has 0 aromatic heterocycles. The molecule has 5 heteroatoms. The second kappa shape index (κ2) is 7.27. The quantitative estimate of drug-likeness (QED) is 0.593. The van der Waals surface area contributed by atoms with Crippen LogP contribution in [0.15, 0.2) is 0 Å². The van der Waals surface area contributed by atoms with Gasteiger partial charge in [0.15, 0.2) is 0 Å². The minimum absolute atomic E-state index is 0.0943. The Labute approximate surface area is 103 Å². The van der Waals surface area contributed by atoms with Gasteiger partial charge in [-0.05, 0) is 39.2 Å². The third-order valence-corrected chi connectivity index (χ3v) is 2.83. The summed E-state index contributed by atoms with van der Waals surface area (Å²) in [5.41, 5.74) is 4.50. The predicted molar refractivity (Wildman–Crippen MR) is 66.5 cm³/mol. The van der Waals surface area contributed by atoms with Crippen LogP contribution in [0.4, 0.5) is 0 Å². The van der Waals surface area contributed by atoms with E-state index in [1.807, 2.05) is 0 Å². The molecule has 4 N–H and O–H groups in total. The fraction of sp³-hybridized carbons (Fsp3) is 0.833. The molecule has 0 heterocycles. The second-order valence-corrected chi connectivity index (χ2v) is 5.19. The smallest absolute Gasteiger partial charge is 0.310 e. The van der Waals surface area contributed by atoms with Gasteiger partial charge < -0.3 is 16.2 Å². The van der Waals surface area contributed by atoms with Crippen LogP contribution in [0.1, 0.15) is 40.0 Å². The van der Waals surface area contributed by atoms with Crippen molar-refractivity contribution in [2.24, 2.45) is 17.1 Å². The van der Waals surface area contributed by atoms with Gasteiger partial charge >= 0.3 is 5.97 Å². The van der Waals surface area contributed by atoms with Crippen LogP contribution in [0.25, 0.3) is 0 Å². The first-order valence-electron chi connectivity index (χ1n) is 5.99. The molecule has 0 saturated carbocycles. The number of hydrogen-bond donors (Lipinski definition) is 3. The molecule has 1 unspecified atom stereocenters. The summed E-state index contributed by atoms with van der Waals surface area (Å²) in [5.74, 6) is -0.573. The van der Waals surface area contributed by atoms with Crippen LogP contribution in [-0.2, 0) is 9.59 Å². The molecule has 0 aliphatic heterocycles. The van der Waals surface area contributed by atoms with Crippen molar-refractivity contribution < 1.29 is 14.7 Å². The van der Waals surface area contributed by atoms with Gasteiger partial charge in [0.2, 0.25) is 5.91 Å². The molecule has 17 heavy (non-hydrogen) atoms. The van der Waals surface area contributed by atoms with Crippen molar-refractivity contribution in [2.75, 3.05) is 13.1 Å². The van der Waals surface area contributed by atoms with Gasteiger partial charge in [-0.3, -0.25) is 9.59 Å². The number of aliphatic carboxylic acids is 1. The van der Waals surface area contributed by atoms with Gasteiger partial charge in [0.1, 0.15) is 0 Å². The van der Waals surface area contributed by atoms with E-state index in [0.29, 0.717) is 18.9 Å². The lowest BCUT2D eigenvalue weighted by molar-refractivity contribution is -0.146. The van der Waals surface area contributed by atoms with Crippen molar-refractivity contribution in [1.82, 2.24) is 5.32 Å². The summed E-state index contributed by atoms with van der Waals surface area (Å²) in [5, 5.41) is 11.5. The monoisotopic (exact) mass is 244 g/mol. The van der Waals surface area contributed by atoms with Crippen molar-refractivity contribution in [3.63, 3.8) is 0 Å². The first-order chi connectivity index (χ1) is 7.79. The minimum atomic E-state index is -0.918. The molecule has 1 amide bonds. The Morgan fingerprint density at radius 2 is 1.94 bits per heavy atom. The normalized spacial score (nSPS) is 13.2. The number of rotatable bonds is 8. The summed E-state index contributed by atoms with van der Waals surface area (Å²) in [4.78, 5) is 22.3. The fourth-order valence-corrected chi connectivity index (χ4v) is 1.29. The molecule has 0 bridgehead atoms. The number of carbonyl (C=O) groups excluding carboxylic acids is 1. The Morgan fingerprint density at radius 3 is 2.41 bits per heavy atom. The molecule has 0 fully saturated rings. The summed E-state index contributed by atoms with van der Waals surface area (Å²) in [6.07, 6.45) is 2.13. The molecule has 0 aliphatic rings. The summed E-state index contributed by atoms with van der Waals surface area (Å²) < 4.78 is 0. The van der Waals surface area contributed by atoms with Crippen molar-refractivity contribution in [1.29, 1.82) is 0 Å². The van der Waals surface area contributed by atoms with Crippen LogP contribution < -0.4 is 11.1 Å². The first-order valence-corrected chi connectivity index (χ1v) is 5.99. The number of nitrogens with two attached hydrogens (primary N) is 1. The standard InChI is InChI=1S/C12H24N2O3/c1-9(6-7-13)4-5-10(15)14-8-12(2,3)11(16)17/h9H,4-8,13H2,1-3H3,(H,14,15)(H,16,17). The van der Waals surface area contributed by atoms with Crippen molar-refractivity contribution in [2.45, 2.75) is 40.0 Å². The predicted octanol–water partition coefficient (Wildman–Crippen LogP) is 0.979. The van der Waals surface area contributed by atoms with E-state index in [4.69, 9.17) is 10.8 Å². The summed E-state index contributed by atoms with van der Waals surface area (Å²) >= 11 is 0. The Morgan fingerprint density at radius 1 is 1.35 bits per heavy atom. The average molecular weight is 244 g/mol. The molecule has 0 aliphatic carbocycles. The molecule has 1 atom stereocenters. The van der Waals surface area contributed by atoms with Gasteiger partial charge in [-0.1, -0.05) is 6.92 Å². The summed E-state index contributed by atoms with van der Waals surface area (Å²) in [6.45, 7) is 6.03. The number of nitrogens with one attached hydrogen (secondary N) is 1. The van der Waals surface area contributed by atoms with Crippen molar-refractivity contribution in [3.8, 4) is 0 Å². The highest BCUT2D eigenvalue weighted by Gasteiger charge is 2.27. The van der Waals surface area contributed by atoms with Gasteiger partial charge in [-0.15, -0.1) is 0 Å². The van der Waals surface area contributed by atoms with E-state index in [1.165, 1.54) is 0 Å². The van der Waals surface area contributed by atoms with Crippen LogP contribution in [0.2, 0.25) is 0 Å². The zero-order valence-electron chi connectivity index (χ0n) is 11.0. The number of amides is 1. The first kappa shape index (κ1) is 15.9. The van der Waals surface area contributed by atoms with E-state index in [1.54, 1.807) is 13.8 Å². The Kier molecular flexibility index (Phi) is 6.80.